The van der Waals surface area contributed by atoms with Crippen LogP contribution in [-0.4, -0.2) is 48.0 Å². The third kappa shape index (κ3) is 6.49. The highest BCUT2D eigenvalue weighted by molar-refractivity contribution is 5.89. The number of nitrogens with two attached hydrogens (primary N) is 1. The number of carbonyl (C=O) groups excluding carboxylic acids is 3. The molecule has 3 rings (SSSR count). The molecule has 1 aliphatic carbocycles. The van der Waals surface area contributed by atoms with E-state index in [4.69, 9.17) is 15.2 Å². The van der Waals surface area contributed by atoms with Crippen molar-refractivity contribution in [1.82, 2.24) is 4.90 Å². The first-order valence-electron chi connectivity index (χ1n) is 11.4. The lowest BCUT2D eigenvalue weighted by Crippen LogP contribution is -2.47. The molecular formula is C26H32N2O5. The first kappa shape index (κ1) is 24.6. The van der Waals surface area contributed by atoms with Gasteiger partial charge in [0.2, 0.25) is 0 Å². The molecule has 0 aromatic heterocycles. The van der Waals surface area contributed by atoms with E-state index in [0.717, 1.165) is 24.0 Å². The Morgan fingerprint density at radius 2 is 1.76 bits per heavy atom. The number of carbonyl (C=O) groups is 3. The van der Waals surface area contributed by atoms with Crippen molar-refractivity contribution in [3.8, 4) is 0 Å². The maximum atomic E-state index is 13.1. The van der Waals surface area contributed by atoms with E-state index >= 15 is 0 Å². The van der Waals surface area contributed by atoms with Gasteiger partial charge in [0.05, 0.1) is 13.2 Å². The summed E-state index contributed by atoms with van der Waals surface area (Å²) in [6, 6.07) is 16.2. The number of hydrogen-bond acceptors (Lipinski definition) is 7. The second kappa shape index (κ2) is 11.7. The highest BCUT2D eigenvalue weighted by atomic mass is 16.6. The standard InChI is InChI=1S/C26H32N2O5/c1-3-32-26(31)23(15-13-19-9-5-4-6-10-19)28(17-24(29)33-25(30)18(2)27)22-16-14-20-11-7-8-12-21(20)22/h4-12,18,22-23H,3,13-17,27H2,1-2H3/t18-,22?,23-/m0/s1. The molecule has 0 spiro atoms. The number of aryl methyl sites for hydroxylation is 2. The molecule has 2 aromatic carbocycles. The summed E-state index contributed by atoms with van der Waals surface area (Å²) >= 11 is 0. The lowest BCUT2D eigenvalue weighted by atomic mass is 10.00. The van der Waals surface area contributed by atoms with E-state index in [0.29, 0.717) is 12.8 Å². The van der Waals surface area contributed by atoms with E-state index in [1.54, 1.807) is 6.92 Å². The van der Waals surface area contributed by atoms with Crippen LogP contribution in [0.15, 0.2) is 54.6 Å². The lowest BCUT2D eigenvalue weighted by molar-refractivity contribution is -0.163. The Kier molecular flexibility index (Phi) is 8.74. The van der Waals surface area contributed by atoms with Crippen molar-refractivity contribution in [1.29, 1.82) is 0 Å². The Morgan fingerprint density at radius 3 is 2.45 bits per heavy atom. The Balaban J connectivity index is 1.90. The zero-order chi connectivity index (χ0) is 23.8. The molecule has 2 N–H and O–H groups in total. The summed E-state index contributed by atoms with van der Waals surface area (Å²) in [4.78, 5) is 39.5. The fraction of sp³-hybridized carbons (Fsp3) is 0.423. The molecule has 0 radical (unpaired) electrons. The van der Waals surface area contributed by atoms with Gasteiger partial charge in [-0.3, -0.25) is 14.5 Å². The van der Waals surface area contributed by atoms with E-state index in [-0.39, 0.29) is 25.2 Å². The van der Waals surface area contributed by atoms with E-state index in [9.17, 15) is 14.4 Å². The third-order valence-corrected chi connectivity index (χ3v) is 5.91. The summed E-state index contributed by atoms with van der Waals surface area (Å²) in [5, 5.41) is 0. The number of benzene rings is 2. The summed E-state index contributed by atoms with van der Waals surface area (Å²) in [5.74, 6) is -1.90. The number of ether oxygens (including phenoxy) is 2. The van der Waals surface area contributed by atoms with Gasteiger partial charge in [0, 0.05) is 6.04 Å². The minimum Gasteiger partial charge on any atom is -0.465 e. The van der Waals surface area contributed by atoms with Crippen LogP contribution in [0, 0.1) is 0 Å². The second-order valence-corrected chi connectivity index (χ2v) is 8.30. The molecule has 33 heavy (non-hydrogen) atoms. The van der Waals surface area contributed by atoms with Crippen LogP contribution in [0.1, 0.15) is 49.4 Å². The van der Waals surface area contributed by atoms with Crippen LogP contribution < -0.4 is 5.73 Å². The van der Waals surface area contributed by atoms with Crippen LogP contribution in [0.4, 0.5) is 0 Å². The van der Waals surface area contributed by atoms with Crippen LogP contribution in [0.2, 0.25) is 0 Å². The minimum atomic E-state index is -0.909. The van der Waals surface area contributed by atoms with Crippen LogP contribution in [-0.2, 0) is 36.7 Å². The van der Waals surface area contributed by atoms with Gasteiger partial charge in [-0.25, -0.2) is 4.79 Å². The SMILES string of the molecule is CCOC(=O)[C@H](CCc1ccccc1)N(CC(=O)OC(=O)[C@H](C)N)C1CCc2ccccc21. The van der Waals surface area contributed by atoms with Gasteiger partial charge in [0.15, 0.2) is 0 Å². The minimum absolute atomic E-state index is 0.163. The van der Waals surface area contributed by atoms with Gasteiger partial charge in [0.25, 0.3) is 0 Å². The normalized spacial score (nSPS) is 16.7. The Morgan fingerprint density at radius 1 is 1.06 bits per heavy atom. The maximum absolute atomic E-state index is 13.1. The summed E-state index contributed by atoms with van der Waals surface area (Å²) in [6.07, 6.45) is 2.72. The molecule has 0 aliphatic heterocycles. The molecule has 0 amide bonds. The van der Waals surface area contributed by atoms with E-state index in [1.165, 1.54) is 12.5 Å². The van der Waals surface area contributed by atoms with Crippen LogP contribution in [0.5, 0.6) is 0 Å². The second-order valence-electron chi connectivity index (χ2n) is 8.30. The quantitative estimate of drug-likeness (QED) is 0.437. The van der Waals surface area contributed by atoms with Gasteiger partial charge in [-0.15, -0.1) is 0 Å². The van der Waals surface area contributed by atoms with Crippen molar-refractivity contribution in [3.63, 3.8) is 0 Å². The predicted octanol–water partition coefficient (Wildman–Crippen LogP) is 2.96. The smallest absolute Gasteiger partial charge is 0.330 e. The largest absolute Gasteiger partial charge is 0.465 e. The molecule has 0 heterocycles. The molecule has 7 nitrogen and oxygen atoms in total. The fourth-order valence-electron chi connectivity index (χ4n) is 4.31. The fourth-order valence-corrected chi connectivity index (χ4v) is 4.31. The van der Waals surface area contributed by atoms with Crippen molar-refractivity contribution in [2.45, 2.75) is 57.7 Å². The van der Waals surface area contributed by atoms with Crippen molar-refractivity contribution in [3.05, 3.63) is 71.3 Å². The van der Waals surface area contributed by atoms with Gasteiger partial charge < -0.3 is 15.2 Å². The monoisotopic (exact) mass is 452 g/mol. The number of nitrogens with zero attached hydrogens (tertiary/aromatic N) is 1. The zero-order valence-corrected chi connectivity index (χ0v) is 19.2. The summed E-state index contributed by atoms with van der Waals surface area (Å²) in [5.41, 5.74) is 8.91. The highest BCUT2D eigenvalue weighted by Crippen LogP contribution is 2.37. The average Bonchev–Trinajstić information content (AvgIpc) is 3.23. The van der Waals surface area contributed by atoms with E-state index in [1.807, 2.05) is 53.4 Å². The van der Waals surface area contributed by atoms with Gasteiger partial charge in [-0.1, -0.05) is 54.6 Å². The molecule has 0 saturated carbocycles. The van der Waals surface area contributed by atoms with Crippen LogP contribution in [0.3, 0.4) is 0 Å². The topological polar surface area (TPSA) is 98.9 Å². The number of fused-ring (bicyclic) bond motifs is 1. The zero-order valence-electron chi connectivity index (χ0n) is 19.2. The van der Waals surface area contributed by atoms with Crippen molar-refractivity contribution >= 4 is 17.9 Å². The van der Waals surface area contributed by atoms with Gasteiger partial charge in [-0.05, 0) is 56.2 Å². The number of esters is 3. The van der Waals surface area contributed by atoms with Crippen LogP contribution in [0.25, 0.3) is 0 Å². The van der Waals surface area contributed by atoms with Crippen molar-refractivity contribution in [2.24, 2.45) is 5.73 Å². The lowest BCUT2D eigenvalue weighted by Gasteiger charge is -2.34. The summed E-state index contributed by atoms with van der Waals surface area (Å²) in [7, 11) is 0. The van der Waals surface area contributed by atoms with E-state index < -0.39 is 24.0 Å². The molecular weight excluding hydrogens is 420 g/mol. The third-order valence-electron chi connectivity index (χ3n) is 5.91. The van der Waals surface area contributed by atoms with E-state index in [2.05, 4.69) is 6.07 Å². The molecule has 0 bridgehead atoms. The average molecular weight is 453 g/mol. The molecule has 3 atom stereocenters. The predicted molar refractivity (Wildman–Crippen MR) is 124 cm³/mol. The maximum Gasteiger partial charge on any atom is 0.330 e. The number of rotatable bonds is 10. The first-order valence-corrected chi connectivity index (χ1v) is 11.4. The molecule has 1 unspecified atom stereocenters. The molecule has 2 aromatic rings. The Hall–Kier alpha value is -3.03. The number of hydrogen-bond donors (Lipinski definition) is 1. The van der Waals surface area contributed by atoms with Gasteiger partial charge in [-0.2, -0.15) is 0 Å². The van der Waals surface area contributed by atoms with Crippen LogP contribution >= 0.6 is 0 Å². The van der Waals surface area contributed by atoms with Crippen molar-refractivity contribution in [2.75, 3.05) is 13.2 Å². The summed E-state index contributed by atoms with van der Waals surface area (Å²) in [6.45, 7) is 3.25. The molecule has 0 fully saturated rings. The molecule has 176 valence electrons. The molecule has 7 heteroatoms. The Bertz CT molecular complexity index is 960. The highest BCUT2D eigenvalue weighted by Gasteiger charge is 2.38. The first-order chi connectivity index (χ1) is 15.9. The summed E-state index contributed by atoms with van der Waals surface area (Å²) < 4.78 is 10.3. The van der Waals surface area contributed by atoms with Gasteiger partial charge in [0.1, 0.15) is 12.1 Å². The Labute approximate surface area is 194 Å². The van der Waals surface area contributed by atoms with Crippen molar-refractivity contribution < 1.29 is 23.9 Å². The van der Waals surface area contributed by atoms with Gasteiger partial charge >= 0.3 is 17.9 Å². The molecule has 0 saturated heterocycles. The molecule has 1 aliphatic rings.